The van der Waals surface area contributed by atoms with Crippen LogP contribution in [0, 0.1) is 22.1 Å². The smallest absolute Gasteiger partial charge is 0.0303 e. The summed E-state index contributed by atoms with van der Waals surface area (Å²) in [5.41, 5.74) is -11.7. The van der Waals surface area contributed by atoms with Gasteiger partial charge in [-0.15, -0.1) is 0 Å². The van der Waals surface area contributed by atoms with Gasteiger partial charge in [0.15, 0.2) is 0 Å². The normalized spacial score (nSPS) is 117. The highest BCUT2D eigenvalue weighted by atomic mass is 14.6. The van der Waals surface area contributed by atoms with Crippen molar-refractivity contribution in [2.24, 2.45) is 22.1 Å². The molecule has 0 aromatic heterocycles. The minimum atomic E-state index is -4.29. The van der Waals surface area contributed by atoms with Gasteiger partial charge in [0.2, 0.25) is 0 Å². The lowest BCUT2D eigenvalue weighted by Crippen LogP contribution is -2.53. The van der Waals surface area contributed by atoms with Crippen molar-refractivity contribution in [2.75, 3.05) is 0 Å². The molecule has 4 aliphatic carbocycles. The zero-order chi connectivity index (χ0) is 26.0. The van der Waals surface area contributed by atoms with Crippen LogP contribution in [0.4, 0.5) is 0 Å². The lowest BCUT2D eigenvalue weighted by atomic mass is 9.41. The molecule has 4 rings (SSSR count). The first-order valence-electron chi connectivity index (χ1n) is 13.5. The van der Waals surface area contributed by atoms with Crippen LogP contribution in [0.2, 0.25) is 0 Å². The van der Waals surface area contributed by atoms with Gasteiger partial charge in [-0.1, -0.05) is 20.6 Å². The standard InChI is InChI=1S/C13H22/c1-11-4-10-5-12(2,7-11)9-13(3,6-10)8-11/h10H,4-9H2,1-3H3/i1D3,2D3,4D2,5D2,6D2,7D2,8D2,9D2,10D. The Balaban J connectivity index is 2.89. The summed E-state index contributed by atoms with van der Waals surface area (Å²) in [6, 6.07) is 0. The number of hydrogen-bond donors (Lipinski definition) is 0. The molecule has 0 spiro atoms. The van der Waals surface area contributed by atoms with Gasteiger partial charge in [-0.2, -0.15) is 0 Å². The van der Waals surface area contributed by atoms with E-state index in [0.29, 0.717) is 6.92 Å². The van der Waals surface area contributed by atoms with Crippen molar-refractivity contribution in [1.29, 1.82) is 0 Å². The molecule has 13 heavy (non-hydrogen) atoms. The first-order valence-corrected chi connectivity index (χ1v) is 4.00. The zero-order valence-electron chi connectivity index (χ0n) is 26.0. The van der Waals surface area contributed by atoms with Gasteiger partial charge in [-0.05, 0) is 60.4 Å². The summed E-state index contributed by atoms with van der Waals surface area (Å²) in [6.45, 7) is -7.69. The minimum Gasteiger partial charge on any atom is -0.0596 e. The zero-order valence-corrected chi connectivity index (χ0v) is 7.00. The fraction of sp³-hybridized carbons (Fsp3) is 1.00. The lowest BCUT2D eigenvalue weighted by molar-refractivity contribution is -0.136. The second-order valence-corrected chi connectivity index (χ2v) is 3.75. The van der Waals surface area contributed by atoms with Crippen molar-refractivity contribution < 1.29 is 26.0 Å². The van der Waals surface area contributed by atoms with Crippen LogP contribution in [-0.4, -0.2) is 0 Å². The van der Waals surface area contributed by atoms with Crippen molar-refractivity contribution >= 4 is 0 Å². The van der Waals surface area contributed by atoms with E-state index in [9.17, 15) is 0 Å². The predicted molar refractivity (Wildman–Crippen MR) is 55.5 cm³/mol. The molecule has 4 fully saturated rings. The highest BCUT2D eigenvalue weighted by Gasteiger charge is 2.58. The van der Waals surface area contributed by atoms with Gasteiger partial charge in [0.05, 0.1) is 0 Å². The van der Waals surface area contributed by atoms with E-state index in [-0.39, 0.29) is 0 Å². The van der Waals surface area contributed by atoms with E-state index >= 15 is 0 Å². The molecule has 0 heterocycles. The van der Waals surface area contributed by atoms with Crippen LogP contribution < -0.4 is 0 Å². The quantitative estimate of drug-likeness (QED) is 0.550. The molecule has 4 saturated carbocycles. The van der Waals surface area contributed by atoms with Gasteiger partial charge in [0, 0.05) is 26.0 Å². The van der Waals surface area contributed by atoms with E-state index in [1.807, 2.05) is 0 Å². The van der Waals surface area contributed by atoms with E-state index in [1.54, 1.807) is 0 Å². The molecule has 2 unspecified atom stereocenters. The second-order valence-electron chi connectivity index (χ2n) is 3.75. The van der Waals surface area contributed by atoms with Gasteiger partial charge < -0.3 is 0 Å². The van der Waals surface area contributed by atoms with E-state index in [1.165, 1.54) is 0 Å². The summed E-state index contributed by atoms with van der Waals surface area (Å²) in [5, 5.41) is 0. The fourth-order valence-corrected chi connectivity index (χ4v) is 2.03. The van der Waals surface area contributed by atoms with Crippen molar-refractivity contribution in [3.8, 4) is 0 Å². The summed E-state index contributed by atoms with van der Waals surface area (Å²) in [4.78, 5) is 0. The molecular formula is C13H22. The number of hydrogen-bond acceptors (Lipinski definition) is 0. The fourth-order valence-electron chi connectivity index (χ4n) is 2.03. The Morgan fingerprint density at radius 3 is 2.08 bits per heavy atom. The van der Waals surface area contributed by atoms with Crippen molar-refractivity contribution in [2.45, 2.75) is 58.9 Å². The molecule has 0 N–H and O–H groups in total. The van der Waals surface area contributed by atoms with Crippen LogP contribution >= 0.6 is 0 Å². The Labute approximate surface area is 109 Å². The third-order valence-corrected chi connectivity index (χ3v) is 2.25. The van der Waals surface area contributed by atoms with Crippen LogP contribution in [0.5, 0.6) is 0 Å². The molecule has 4 bridgehead atoms. The first kappa shape index (κ1) is 1.62. The lowest BCUT2D eigenvalue weighted by Gasteiger charge is -2.64. The minimum absolute atomic E-state index is 0.483. The van der Waals surface area contributed by atoms with Crippen LogP contribution in [0.3, 0.4) is 0 Å². The van der Waals surface area contributed by atoms with Crippen molar-refractivity contribution in [1.82, 2.24) is 0 Å². The highest BCUT2D eigenvalue weighted by Crippen LogP contribution is 2.69. The molecule has 0 aromatic carbocycles. The second kappa shape index (κ2) is 1.99. The molecule has 2 atom stereocenters. The Morgan fingerprint density at radius 2 is 1.54 bits per heavy atom. The van der Waals surface area contributed by atoms with Crippen LogP contribution in [-0.2, 0) is 0 Å². The van der Waals surface area contributed by atoms with Crippen molar-refractivity contribution in [3.05, 3.63) is 0 Å². The largest absolute Gasteiger partial charge is 0.0596 e. The van der Waals surface area contributed by atoms with E-state index in [2.05, 4.69) is 0 Å². The molecule has 0 radical (unpaired) electrons. The maximum atomic E-state index is 8.76. The van der Waals surface area contributed by atoms with Gasteiger partial charge in [0.1, 0.15) is 0 Å². The SMILES string of the molecule is [2H]C([2H])([2H])C12C([2H])([2H])C3([2H])C([2H])([2H])C(C)(C1([2H])[2H])C([2H])([2H])C(C([2H])([2H])[2H])(C3([2H])[2H])C2([2H])[2H]. The Kier molecular flexibility index (Phi) is 0.248. The monoisotopic (exact) mass is 197 g/mol. The Hall–Kier alpha value is 0. The van der Waals surface area contributed by atoms with Gasteiger partial charge in [-0.3, -0.25) is 0 Å². The van der Waals surface area contributed by atoms with E-state index < -0.39 is 74.1 Å². The predicted octanol–water partition coefficient (Wildman–Crippen LogP) is 4.00. The molecule has 74 valence electrons. The van der Waals surface area contributed by atoms with E-state index in [0.717, 1.165) is 0 Å². The topological polar surface area (TPSA) is 0 Å². The first-order chi connectivity index (χ1) is 13.5. The third kappa shape index (κ3) is 1.10. The molecule has 0 heteroatoms. The molecule has 0 nitrogen and oxygen atoms in total. The summed E-state index contributed by atoms with van der Waals surface area (Å²) in [6.07, 6.45) is -24.4. The summed E-state index contributed by atoms with van der Waals surface area (Å²) in [5.74, 6) is -4.03. The summed E-state index contributed by atoms with van der Waals surface area (Å²) < 4.78 is 160. The molecule has 0 aliphatic heterocycles. The maximum absolute atomic E-state index is 8.76. The highest BCUT2D eigenvalue weighted by molar-refractivity contribution is 5.08. The van der Waals surface area contributed by atoms with Crippen molar-refractivity contribution in [3.63, 3.8) is 0 Å². The van der Waals surface area contributed by atoms with Gasteiger partial charge >= 0.3 is 0 Å². The molecule has 0 aromatic rings. The van der Waals surface area contributed by atoms with Crippen LogP contribution in [0.15, 0.2) is 0 Å². The van der Waals surface area contributed by atoms with Crippen LogP contribution in [0.25, 0.3) is 0 Å². The van der Waals surface area contributed by atoms with Crippen LogP contribution in [0.1, 0.15) is 84.9 Å². The molecule has 0 amide bonds. The average molecular weight is 197 g/mol. The van der Waals surface area contributed by atoms with Gasteiger partial charge in [-0.25, -0.2) is 0 Å². The Morgan fingerprint density at radius 1 is 1.08 bits per heavy atom. The number of rotatable bonds is 0. The molecular weight excluding hydrogens is 156 g/mol. The molecule has 4 aliphatic rings. The Bertz CT molecular complexity index is 769. The summed E-state index contributed by atoms with van der Waals surface area (Å²) in [7, 11) is 0. The maximum Gasteiger partial charge on any atom is 0.0303 e. The van der Waals surface area contributed by atoms with Gasteiger partial charge in [0.25, 0.3) is 0 Å². The summed E-state index contributed by atoms with van der Waals surface area (Å²) >= 11 is 0. The average Bonchev–Trinajstić information content (AvgIpc) is 2.44. The molecule has 0 saturated heterocycles. The van der Waals surface area contributed by atoms with E-state index in [4.69, 9.17) is 26.0 Å². The third-order valence-electron chi connectivity index (χ3n) is 2.25.